The summed E-state index contributed by atoms with van der Waals surface area (Å²) in [6.07, 6.45) is 0. The lowest BCUT2D eigenvalue weighted by Gasteiger charge is -2.16. The average molecular weight is 390 g/mol. The second kappa shape index (κ2) is 6.19. The molecule has 0 unspecified atom stereocenters. The van der Waals surface area contributed by atoms with Crippen LogP contribution in [0.25, 0.3) is 0 Å². The second-order valence-electron chi connectivity index (χ2n) is 4.26. The summed E-state index contributed by atoms with van der Waals surface area (Å²) < 4.78 is 2.11. The molecule has 1 heterocycles. The van der Waals surface area contributed by atoms with Gasteiger partial charge in [-0.15, -0.1) is 11.3 Å². The maximum atomic E-state index is 5.88. The van der Waals surface area contributed by atoms with Gasteiger partial charge in [-0.3, -0.25) is 4.90 Å². The number of hydrogen-bond acceptors (Lipinski definition) is 3. The van der Waals surface area contributed by atoms with Crippen LogP contribution in [0, 0.1) is 0 Å². The van der Waals surface area contributed by atoms with E-state index in [9.17, 15) is 0 Å². The smallest absolute Gasteiger partial charge is 0.0461 e. The molecule has 2 N–H and O–H groups in total. The van der Waals surface area contributed by atoms with Gasteiger partial charge in [0.25, 0.3) is 0 Å². The van der Waals surface area contributed by atoms with Crippen LogP contribution in [0.4, 0.5) is 5.69 Å². The molecule has 0 aliphatic carbocycles. The Morgan fingerprint density at radius 3 is 2.61 bits per heavy atom. The summed E-state index contributed by atoms with van der Waals surface area (Å²) >= 11 is 8.66. The summed E-state index contributed by atoms with van der Waals surface area (Å²) in [5.74, 6) is 0. The number of nitrogens with two attached hydrogens (primary N) is 1. The van der Waals surface area contributed by atoms with Gasteiger partial charge in [0.05, 0.1) is 0 Å². The van der Waals surface area contributed by atoms with Crippen molar-refractivity contribution in [3.05, 3.63) is 49.0 Å². The molecule has 2 nitrogen and oxygen atoms in total. The molecule has 96 valence electrons. The molecule has 0 bridgehead atoms. The van der Waals surface area contributed by atoms with Crippen molar-refractivity contribution in [1.82, 2.24) is 4.90 Å². The molecule has 2 rings (SSSR count). The van der Waals surface area contributed by atoms with Crippen LogP contribution in [-0.2, 0) is 13.1 Å². The lowest BCUT2D eigenvalue weighted by atomic mass is 10.2. The van der Waals surface area contributed by atoms with E-state index in [0.29, 0.717) is 0 Å². The van der Waals surface area contributed by atoms with Crippen molar-refractivity contribution in [3.8, 4) is 0 Å². The molecule has 0 atom stereocenters. The van der Waals surface area contributed by atoms with Crippen molar-refractivity contribution in [1.29, 1.82) is 0 Å². The zero-order valence-corrected chi connectivity index (χ0v) is 14.0. The predicted molar refractivity (Wildman–Crippen MR) is 85.7 cm³/mol. The Morgan fingerprint density at radius 2 is 2.00 bits per heavy atom. The molecule has 0 radical (unpaired) electrons. The summed E-state index contributed by atoms with van der Waals surface area (Å²) in [7, 11) is 2.12. The third-order valence-corrected chi connectivity index (χ3v) is 4.96. The van der Waals surface area contributed by atoms with Crippen molar-refractivity contribution in [2.75, 3.05) is 12.8 Å². The van der Waals surface area contributed by atoms with E-state index in [-0.39, 0.29) is 0 Å². The lowest BCUT2D eigenvalue weighted by Crippen LogP contribution is -2.16. The summed E-state index contributed by atoms with van der Waals surface area (Å²) in [6, 6.07) is 8.28. The average Bonchev–Trinajstić information content (AvgIpc) is 2.69. The summed E-state index contributed by atoms with van der Waals surface area (Å²) in [5, 5.41) is 2.11. The van der Waals surface area contributed by atoms with Crippen LogP contribution in [-0.4, -0.2) is 11.9 Å². The minimum atomic E-state index is 0.791. The van der Waals surface area contributed by atoms with Crippen molar-refractivity contribution >= 4 is 48.9 Å². The number of benzene rings is 1. The highest BCUT2D eigenvalue weighted by Gasteiger charge is 2.05. The number of halogens is 2. The molecule has 5 heteroatoms. The molecule has 0 aliphatic heterocycles. The molecular formula is C13H14Br2N2S. The Hall–Kier alpha value is -0.360. The summed E-state index contributed by atoms with van der Waals surface area (Å²) in [5.41, 5.74) is 7.90. The monoisotopic (exact) mass is 388 g/mol. The standard InChI is InChI=1S/C13H14Br2N2S/c1-17(7-11-5-10(14)8-18-11)6-9-2-3-12(15)13(16)4-9/h2-5,8H,6-7,16H2,1H3. The Kier molecular flexibility index (Phi) is 4.84. The van der Waals surface area contributed by atoms with E-state index in [1.165, 1.54) is 10.4 Å². The summed E-state index contributed by atoms with van der Waals surface area (Å²) in [4.78, 5) is 3.63. The Bertz CT molecular complexity index is 540. The molecule has 0 aliphatic rings. The van der Waals surface area contributed by atoms with Crippen molar-refractivity contribution in [3.63, 3.8) is 0 Å². The Morgan fingerprint density at radius 1 is 1.22 bits per heavy atom. The van der Waals surface area contributed by atoms with Crippen molar-refractivity contribution < 1.29 is 0 Å². The number of thiophene rings is 1. The van der Waals surface area contributed by atoms with Gasteiger partial charge in [-0.1, -0.05) is 6.07 Å². The van der Waals surface area contributed by atoms with Crippen LogP contribution in [0.1, 0.15) is 10.4 Å². The van der Waals surface area contributed by atoms with Gasteiger partial charge in [0.2, 0.25) is 0 Å². The van der Waals surface area contributed by atoms with Crippen LogP contribution in [0.2, 0.25) is 0 Å². The normalized spacial score (nSPS) is 11.1. The Labute approximate surface area is 128 Å². The predicted octanol–water partition coefficient (Wildman–Crippen LogP) is 4.49. The van der Waals surface area contributed by atoms with Gasteiger partial charge >= 0.3 is 0 Å². The first-order chi connectivity index (χ1) is 8.54. The largest absolute Gasteiger partial charge is 0.398 e. The topological polar surface area (TPSA) is 29.3 Å². The lowest BCUT2D eigenvalue weighted by molar-refractivity contribution is 0.322. The maximum absolute atomic E-state index is 5.88. The molecule has 18 heavy (non-hydrogen) atoms. The molecule has 1 aromatic heterocycles. The van der Waals surface area contributed by atoms with E-state index < -0.39 is 0 Å². The minimum Gasteiger partial charge on any atom is -0.398 e. The maximum Gasteiger partial charge on any atom is 0.0461 e. The number of anilines is 1. The zero-order chi connectivity index (χ0) is 13.1. The quantitative estimate of drug-likeness (QED) is 0.780. The first-order valence-corrected chi connectivity index (χ1v) is 7.96. The Balaban J connectivity index is 1.98. The van der Waals surface area contributed by atoms with E-state index in [0.717, 1.165) is 27.7 Å². The van der Waals surface area contributed by atoms with E-state index in [1.54, 1.807) is 11.3 Å². The van der Waals surface area contributed by atoms with E-state index in [4.69, 9.17) is 5.73 Å². The van der Waals surface area contributed by atoms with E-state index in [2.05, 4.69) is 61.3 Å². The molecule has 0 amide bonds. The van der Waals surface area contributed by atoms with Gasteiger partial charge < -0.3 is 5.73 Å². The number of rotatable bonds is 4. The summed E-state index contributed by atoms with van der Waals surface area (Å²) in [6.45, 7) is 1.85. The van der Waals surface area contributed by atoms with Gasteiger partial charge in [0.15, 0.2) is 0 Å². The number of hydrogen-bond donors (Lipinski definition) is 1. The second-order valence-corrected chi connectivity index (χ2v) is 7.03. The van der Waals surface area contributed by atoms with Crippen LogP contribution >= 0.6 is 43.2 Å². The highest BCUT2D eigenvalue weighted by molar-refractivity contribution is 9.10. The van der Waals surface area contributed by atoms with Gasteiger partial charge in [0.1, 0.15) is 0 Å². The van der Waals surface area contributed by atoms with Crippen molar-refractivity contribution in [2.24, 2.45) is 0 Å². The third kappa shape index (κ3) is 3.82. The minimum absolute atomic E-state index is 0.791. The molecule has 0 saturated carbocycles. The molecule has 2 aromatic rings. The fourth-order valence-corrected chi connectivity index (χ4v) is 3.54. The third-order valence-electron chi connectivity index (χ3n) is 2.56. The van der Waals surface area contributed by atoms with E-state index >= 15 is 0 Å². The van der Waals surface area contributed by atoms with Crippen LogP contribution in [0.5, 0.6) is 0 Å². The first kappa shape index (κ1) is 14.1. The van der Waals surface area contributed by atoms with Crippen LogP contribution in [0.3, 0.4) is 0 Å². The van der Waals surface area contributed by atoms with Gasteiger partial charge in [0, 0.05) is 38.0 Å². The first-order valence-electron chi connectivity index (χ1n) is 5.50. The highest BCUT2D eigenvalue weighted by atomic mass is 79.9. The molecule has 0 spiro atoms. The number of nitrogen functional groups attached to an aromatic ring is 1. The fraction of sp³-hybridized carbons (Fsp3) is 0.231. The SMILES string of the molecule is CN(Cc1ccc(Br)c(N)c1)Cc1cc(Br)cs1. The van der Waals surface area contributed by atoms with Crippen molar-refractivity contribution in [2.45, 2.75) is 13.1 Å². The van der Waals surface area contributed by atoms with Gasteiger partial charge in [-0.2, -0.15) is 0 Å². The van der Waals surface area contributed by atoms with Crippen LogP contribution < -0.4 is 5.73 Å². The molecule has 1 aromatic carbocycles. The number of nitrogens with zero attached hydrogens (tertiary/aromatic N) is 1. The van der Waals surface area contributed by atoms with Gasteiger partial charge in [-0.25, -0.2) is 0 Å². The highest BCUT2D eigenvalue weighted by Crippen LogP contribution is 2.23. The fourth-order valence-electron chi connectivity index (χ4n) is 1.76. The zero-order valence-electron chi connectivity index (χ0n) is 9.99. The van der Waals surface area contributed by atoms with Crippen LogP contribution in [0.15, 0.2) is 38.6 Å². The molecule has 0 fully saturated rings. The molecule has 0 saturated heterocycles. The molecular weight excluding hydrogens is 376 g/mol. The van der Waals surface area contributed by atoms with E-state index in [1.807, 2.05) is 12.1 Å². The van der Waals surface area contributed by atoms with Gasteiger partial charge in [-0.05, 0) is 62.7 Å².